The minimum absolute atomic E-state index is 0.104. The zero-order valence-electron chi connectivity index (χ0n) is 18.7. The molecule has 35 heavy (non-hydrogen) atoms. The minimum atomic E-state index is -1.85. The van der Waals surface area contributed by atoms with Crippen LogP contribution in [0.25, 0.3) is 0 Å². The Balaban J connectivity index is 2.94. The van der Waals surface area contributed by atoms with Gasteiger partial charge in [-0.2, -0.15) is 11.8 Å². The normalized spacial score (nSPS) is 14.1. The van der Waals surface area contributed by atoms with Gasteiger partial charge in [-0.3, -0.25) is 24.0 Å². The number of carboxylic acids is 3. The molecule has 0 aliphatic rings. The summed E-state index contributed by atoms with van der Waals surface area (Å²) in [6, 6.07) is -5.80. The summed E-state index contributed by atoms with van der Waals surface area (Å²) in [5.74, 6) is -7.01. The number of aromatic amines is 1. The van der Waals surface area contributed by atoms with E-state index in [0.717, 1.165) is 0 Å². The molecule has 16 heteroatoms. The molecule has 0 spiro atoms. The van der Waals surface area contributed by atoms with E-state index in [-0.39, 0.29) is 12.8 Å². The van der Waals surface area contributed by atoms with E-state index in [1.54, 1.807) is 6.26 Å². The number of carbonyl (C=O) groups excluding carboxylic acids is 3. The first-order valence-electron chi connectivity index (χ1n) is 10.2. The summed E-state index contributed by atoms with van der Waals surface area (Å²) >= 11 is 1.37. The van der Waals surface area contributed by atoms with Crippen molar-refractivity contribution < 1.29 is 44.1 Å². The molecular weight excluding hydrogens is 488 g/mol. The number of hydrogen-bond acceptors (Lipinski definition) is 9. The number of aliphatic carboxylic acids is 3. The number of thioether (sulfide) groups is 1. The van der Waals surface area contributed by atoms with Crippen molar-refractivity contribution in [1.82, 2.24) is 25.9 Å². The number of H-pyrrole nitrogens is 1. The van der Waals surface area contributed by atoms with Crippen molar-refractivity contribution in [3.05, 3.63) is 18.2 Å². The first kappa shape index (κ1) is 29.4. The predicted octanol–water partition coefficient (Wildman–Crippen LogP) is -2.48. The predicted molar refractivity (Wildman–Crippen MR) is 121 cm³/mol. The summed E-state index contributed by atoms with van der Waals surface area (Å²) in [6.45, 7) is 0. The van der Waals surface area contributed by atoms with Gasteiger partial charge in [0.05, 0.1) is 25.2 Å². The fraction of sp³-hybridized carbons (Fsp3) is 0.526. The maximum Gasteiger partial charge on any atom is 0.326 e. The maximum atomic E-state index is 12.8. The van der Waals surface area contributed by atoms with Crippen molar-refractivity contribution in [3.63, 3.8) is 0 Å². The van der Waals surface area contributed by atoms with Gasteiger partial charge in [0.2, 0.25) is 17.7 Å². The van der Waals surface area contributed by atoms with E-state index in [2.05, 4.69) is 20.6 Å². The van der Waals surface area contributed by atoms with Crippen LogP contribution >= 0.6 is 11.8 Å². The fourth-order valence-corrected chi connectivity index (χ4v) is 3.28. The number of aromatic nitrogens is 2. The molecule has 1 rings (SSSR count). The molecule has 0 saturated carbocycles. The van der Waals surface area contributed by atoms with Crippen LogP contribution in [0.2, 0.25) is 0 Å². The molecule has 0 saturated heterocycles. The van der Waals surface area contributed by atoms with E-state index >= 15 is 0 Å². The average Bonchev–Trinajstić information content (AvgIpc) is 3.27. The van der Waals surface area contributed by atoms with Crippen LogP contribution in [-0.2, 0) is 35.2 Å². The lowest BCUT2D eigenvalue weighted by Gasteiger charge is -2.24. The van der Waals surface area contributed by atoms with Gasteiger partial charge < -0.3 is 42.0 Å². The Hall–Kier alpha value is -3.66. The van der Waals surface area contributed by atoms with Crippen LogP contribution in [0, 0.1) is 0 Å². The lowest BCUT2D eigenvalue weighted by atomic mass is 10.1. The van der Waals surface area contributed by atoms with Gasteiger partial charge in [-0.05, 0) is 18.4 Å². The molecule has 0 radical (unpaired) electrons. The van der Waals surface area contributed by atoms with Gasteiger partial charge in [-0.1, -0.05) is 0 Å². The van der Waals surface area contributed by atoms with Crippen LogP contribution in [0.5, 0.6) is 0 Å². The molecular formula is C19H28N6O9S. The smallest absolute Gasteiger partial charge is 0.326 e. The molecule has 1 aromatic heterocycles. The Morgan fingerprint density at radius 3 is 2.00 bits per heavy atom. The fourth-order valence-electron chi connectivity index (χ4n) is 2.81. The highest BCUT2D eigenvalue weighted by Gasteiger charge is 2.32. The number of carboxylic acid groups (broad SMARTS) is 3. The van der Waals surface area contributed by atoms with E-state index in [1.165, 1.54) is 24.3 Å². The molecule has 0 fully saturated rings. The van der Waals surface area contributed by atoms with Crippen LogP contribution in [-0.4, -0.2) is 97.1 Å². The van der Waals surface area contributed by atoms with E-state index in [1.807, 2.05) is 5.32 Å². The molecule has 0 aromatic carbocycles. The second-order valence-electron chi connectivity index (χ2n) is 7.39. The summed E-state index contributed by atoms with van der Waals surface area (Å²) in [7, 11) is 0. The van der Waals surface area contributed by atoms with Crippen molar-refractivity contribution in [1.29, 1.82) is 0 Å². The standard InChI is InChI=1S/C19H28N6O9S/c1-35-3-2-11(23-16(30)10(20)4-9-7-21-8-22-9)17(31)24-12(5-14(26)27)18(32)25-13(19(33)34)6-15(28)29/h7-8,10-13H,2-6,20H2,1H3,(H,21,22)(H,23,30)(H,24,31)(H,25,32)(H,26,27)(H,28,29)(H,33,34). The van der Waals surface area contributed by atoms with Gasteiger partial charge in [0, 0.05) is 18.3 Å². The Labute approximate surface area is 203 Å². The molecule has 1 heterocycles. The summed E-state index contributed by atoms with van der Waals surface area (Å²) in [5, 5.41) is 33.6. The van der Waals surface area contributed by atoms with E-state index in [4.69, 9.17) is 21.1 Å². The first-order chi connectivity index (χ1) is 16.4. The third-order valence-corrected chi connectivity index (χ3v) is 5.22. The maximum absolute atomic E-state index is 12.8. The van der Waals surface area contributed by atoms with Gasteiger partial charge >= 0.3 is 17.9 Å². The summed E-state index contributed by atoms with van der Waals surface area (Å²) < 4.78 is 0. The number of amides is 3. The quantitative estimate of drug-likeness (QED) is 0.114. The van der Waals surface area contributed by atoms with Crippen LogP contribution in [0.4, 0.5) is 0 Å². The Kier molecular flexibility index (Phi) is 12.2. The van der Waals surface area contributed by atoms with Gasteiger partial charge in [-0.15, -0.1) is 0 Å². The zero-order chi connectivity index (χ0) is 26.5. The lowest BCUT2D eigenvalue weighted by Crippen LogP contribution is -2.57. The number of hydrogen-bond donors (Lipinski definition) is 8. The minimum Gasteiger partial charge on any atom is -0.481 e. The number of rotatable bonds is 16. The van der Waals surface area contributed by atoms with E-state index in [0.29, 0.717) is 11.4 Å². The SMILES string of the molecule is CSCCC(NC(=O)C(N)Cc1cnc[nH]1)C(=O)NC(CC(=O)O)C(=O)NC(CC(=O)O)C(=O)O. The highest BCUT2D eigenvalue weighted by atomic mass is 32.2. The van der Waals surface area contributed by atoms with E-state index in [9.17, 15) is 28.8 Å². The van der Waals surface area contributed by atoms with Gasteiger partial charge in [0.1, 0.15) is 18.1 Å². The number of carbonyl (C=O) groups is 6. The van der Waals surface area contributed by atoms with Gasteiger partial charge in [-0.25, -0.2) is 9.78 Å². The number of nitrogens with zero attached hydrogens (tertiary/aromatic N) is 1. The van der Waals surface area contributed by atoms with Gasteiger partial charge in [0.25, 0.3) is 0 Å². The molecule has 0 aliphatic heterocycles. The zero-order valence-corrected chi connectivity index (χ0v) is 19.5. The summed E-state index contributed by atoms with van der Waals surface area (Å²) in [4.78, 5) is 77.7. The second-order valence-corrected chi connectivity index (χ2v) is 8.37. The van der Waals surface area contributed by atoms with Crippen molar-refractivity contribution in [2.75, 3.05) is 12.0 Å². The van der Waals surface area contributed by atoms with Crippen LogP contribution in [0.15, 0.2) is 12.5 Å². The molecule has 0 bridgehead atoms. The lowest BCUT2D eigenvalue weighted by molar-refractivity contribution is -0.148. The molecule has 3 amide bonds. The molecule has 1 aromatic rings. The number of nitrogens with two attached hydrogens (primary N) is 1. The topological polar surface area (TPSA) is 254 Å². The van der Waals surface area contributed by atoms with Crippen LogP contribution < -0.4 is 21.7 Å². The highest BCUT2D eigenvalue weighted by molar-refractivity contribution is 7.98. The monoisotopic (exact) mass is 516 g/mol. The van der Waals surface area contributed by atoms with Gasteiger partial charge in [0.15, 0.2) is 0 Å². The average molecular weight is 517 g/mol. The third kappa shape index (κ3) is 10.9. The first-order valence-corrected chi connectivity index (χ1v) is 11.6. The van der Waals surface area contributed by atoms with Crippen molar-refractivity contribution in [2.45, 2.75) is 49.9 Å². The number of nitrogens with one attached hydrogen (secondary N) is 4. The highest BCUT2D eigenvalue weighted by Crippen LogP contribution is 2.05. The second kappa shape index (κ2) is 14.6. The third-order valence-electron chi connectivity index (χ3n) is 4.58. The molecule has 15 nitrogen and oxygen atoms in total. The molecule has 9 N–H and O–H groups in total. The molecule has 194 valence electrons. The van der Waals surface area contributed by atoms with Crippen LogP contribution in [0.1, 0.15) is 25.0 Å². The molecule has 0 aliphatic carbocycles. The van der Waals surface area contributed by atoms with E-state index < -0.39 is 72.6 Å². The Morgan fingerprint density at radius 1 is 0.943 bits per heavy atom. The molecule has 4 unspecified atom stereocenters. The van der Waals surface area contributed by atoms with Crippen molar-refractivity contribution in [2.24, 2.45) is 5.73 Å². The summed E-state index contributed by atoms with van der Waals surface area (Å²) in [5.41, 5.74) is 6.47. The Bertz CT molecular complexity index is 911. The van der Waals surface area contributed by atoms with Crippen molar-refractivity contribution in [3.8, 4) is 0 Å². The van der Waals surface area contributed by atoms with Crippen LogP contribution in [0.3, 0.4) is 0 Å². The number of imidazole rings is 1. The molecule has 4 atom stereocenters. The Morgan fingerprint density at radius 2 is 1.49 bits per heavy atom. The summed E-state index contributed by atoms with van der Waals surface area (Å²) in [6.07, 6.45) is 2.99. The van der Waals surface area contributed by atoms with Crippen molar-refractivity contribution >= 4 is 47.4 Å². The largest absolute Gasteiger partial charge is 0.481 e.